The van der Waals surface area contributed by atoms with Crippen molar-refractivity contribution < 1.29 is 0 Å². The van der Waals surface area contributed by atoms with Crippen LogP contribution >= 0.6 is 23.1 Å². The topological polar surface area (TPSA) is 15.6 Å². The van der Waals surface area contributed by atoms with Crippen molar-refractivity contribution >= 4 is 28.3 Å². The normalized spacial score (nSPS) is 25.0. The van der Waals surface area contributed by atoms with E-state index in [9.17, 15) is 0 Å². The molecular weight excluding hydrogens is 212 g/mol. The van der Waals surface area contributed by atoms with E-state index in [4.69, 9.17) is 0 Å². The molecule has 1 aromatic heterocycles. The summed E-state index contributed by atoms with van der Waals surface area (Å²) in [5, 5.41) is 6.15. The van der Waals surface area contributed by atoms with Crippen molar-refractivity contribution in [2.75, 3.05) is 13.1 Å². The summed E-state index contributed by atoms with van der Waals surface area (Å²) in [7, 11) is 0. The smallest absolute Gasteiger partial charge is 0.164 e. The lowest BCUT2D eigenvalue weighted by Crippen LogP contribution is -2.26. The summed E-state index contributed by atoms with van der Waals surface area (Å²) < 4.78 is 0. The molecule has 0 aliphatic carbocycles. The Morgan fingerprint density at radius 2 is 2.50 bits per heavy atom. The number of rotatable bonds is 1. The molecule has 1 aromatic rings. The standard InChI is InChI=1S/C10H10N2S2/c1-3-11-10-12(4-1)6-9(14-10)8-2-5-13-7-8/h1-3,5,7,9H,4,6H2. The average Bonchev–Trinajstić information content (AvgIpc) is 2.86. The van der Waals surface area contributed by atoms with Crippen molar-refractivity contribution in [3.8, 4) is 0 Å². The summed E-state index contributed by atoms with van der Waals surface area (Å²) in [5.74, 6) is 0. The van der Waals surface area contributed by atoms with E-state index in [1.54, 1.807) is 11.3 Å². The zero-order valence-electron chi connectivity index (χ0n) is 7.59. The number of hydrogen-bond donors (Lipinski definition) is 0. The molecule has 1 unspecified atom stereocenters. The number of aliphatic imine (C=N–C) groups is 1. The molecule has 3 heterocycles. The lowest BCUT2D eigenvalue weighted by molar-refractivity contribution is 0.480. The molecule has 0 amide bonds. The van der Waals surface area contributed by atoms with E-state index in [0.717, 1.165) is 13.1 Å². The number of thioether (sulfide) groups is 1. The minimum atomic E-state index is 0.583. The van der Waals surface area contributed by atoms with Gasteiger partial charge in [0.2, 0.25) is 0 Å². The van der Waals surface area contributed by atoms with Crippen LogP contribution in [0.2, 0.25) is 0 Å². The maximum Gasteiger partial charge on any atom is 0.164 e. The Morgan fingerprint density at radius 3 is 3.29 bits per heavy atom. The van der Waals surface area contributed by atoms with Crippen molar-refractivity contribution in [1.82, 2.24) is 4.90 Å². The minimum absolute atomic E-state index is 0.583. The zero-order chi connectivity index (χ0) is 9.38. The van der Waals surface area contributed by atoms with E-state index in [-0.39, 0.29) is 0 Å². The van der Waals surface area contributed by atoms with Gasteiger partial charge in [-0.05, 0) is 28.5 Å². The molecule has 72 valence electrons. The van der Waals surface area contributed by atoms with Crippen LogP contribution in [0.4, 0.5) is 0 Å². The maximum atomic E-state index is 4.38. The Balaban J connectivity index is 1.83. The molecule has 3 rings (SSSR count). The van der Waals surface area contributed by atoms with Gasteiger partial charge in [-0.3, -0.25) is 0 Å². The van der Waals surface area contributed by atoms with Gasteiger partial charge in [-0.15, -0.1) is 0 Å². The third kappa shape index (κ3) is 1.38. The van der Waals surface area contributed by atoms with Gasteiger partial charge in [0.15, 0.2) is 5.17 Å². The lowest BCUT2D eigenvalue weighted by Gasteiger charge is -2.17. The van der Waals surface area contributed by atoms with Crippen LogP contribution in [-0.4, -0.2) is 23.2 Å². The van der Waals surface area contributed by atoms with Gasteiger partial charge in [-0.2, -0.15) is 11.3 Å². The third-order valence-electron chi connectivity index (χ3n) is 2.44. The van der Waals surface area contributed by atoms with E-state index < -0.39 is 0 Å². The van der Waals surface area contributed by atoms with Crippen LogP contribution in [0.5, 0.6) is 0 Å². The molecule has 1 saturated heterocycles. The fourth-order valence-corrected chi connectivity index (χ4v) is 3.72. The largest absolute Gasteiger partial charge is 0.346 e. The molecule has 0 N–H and O–H groups in total. The van der Waals surface area contributed by atoms with Gasteiger partial charge < -0.3 is 4.90 Å². The minimum Gasteiger partial charge on any atom is -0.346 e. The van der Waals surface area contributed by atoms with Crippen LogP contribution < -0.4 is 0 Å². The first-order valence-corrected chi connectivity index (χ1v) is 6.42. The number of hydrogen-bond acceptors (Lipinski definition) is 4. The number of fused-ring (bicyclic) bond motifs is 1. The summed E-state index contributed by atoms with van der Waals surface area (Å²) in [5.41, 5.74) is 1.44. The molecule has 14 heavy (non-hydrogen) atoms. The molecule has 0 saturated carbocycles. The molecule has 2 nitrogen and oxygen atoms in total. The van der Waals surface area contributed by atoms with Crippen LogP contribution in [0.1, 0.15) is 10.8 Å². The molecule has 0 aromatic carbocycles. The number of nitrogens with zero attached hydrogens (tertiary/aromatic N) is 2. The van der Waals surface area contributed by atoms with Crippen LogP contribution in [0, 0.1) is 0 Å². The Hall–Kier alpha value is -0.740. The number of thiophene rings is 1. The molecule has 1 atom stereocenters. The molecular formula is C10H10N2S2. The zero-order valence-corrected chi connectivity index (χ0v) is 9.22. The van der Waals surface area contributed by atoms with Gasteiger partial charge in [-0.25, -0.2) is 4.99 Å². The summed E-state index contributed by atoms with van der Waals surface area (Å²) in [4.78, 5) is 6.72. The maximum absolute atomic E-state index is 4.38. The highest BCUT2D eigenvalue weighted by molar-refractivity contribution is 8.14. The Bertz CT molecular complexity index is 381. The van der Waals surface area contributed by atoms with Crippen molar-refractivity contribution in [3.05, 3.63) is 34.7 Å². The SMILES string of the molecule is C1=CN=C2SC(c3ccsc3)CN2C1. The Kier molecular flexibility index (Phi) is 2.10. The average molecular weight is 222 g/mol. The van der Waals surface area contributed by atoms with Gasteiger partial charge in [0, 0.05) is 19.3 Å². The first-order valence-electron chi connectivity index (χ1n) is 4.60. The van der Waals surface area contributed by atoms with Crippen molar-refractivity contribution in [2.24, 2.45) is 4.99 Å². The van der Waals surface area contributed by atoms with E-state index in [1.165, 1.54) is 10.7 Å². The highest BCUT2D eigenvalue weighted by Gasteiger charge is 2.30. The quantitative estimate of drug-likeness (QED) is 0.726. The van der Waals surface area contributed by atoms with E-state index in [1.807, 2.05) is 18.0 Å². The van der Waals surface area contributed by atoms with E-state index in [2.05, 4.69) is 32.8 Å². The fraction of sp³-hybridized carbons (Fsp3) is 0.300. The van der Waals surface area contributed by atoms with E-state index >= 15 is 0 Å². The molecule has 1 fully saturated rings. The molecule has 2 aliphatic rings. The van der Waals surface area contributed by atoms with Crippen LogP contribution in [0.15, 0.2) is 34.1 Å². The van der Waals surface area contributed by atoms with Gasteiger partial charge >= 0.3 is 0 Å². The molecule has 0 spiro atoms. The second-order valence-electron chi connectivity index (χ2n) is 3.36. The van der Waals surface area contributed by atoms with Crippen LogP contribution in [0.25, 0.3) is 0 Å². The molecule has 0 bridgehead atoms. The summed E-state index contributed by atoms with van der Waals surface area (Å²) in [6.45, 7) is 2.12. The second-order valence-corrected chi connectivity index (χ2v) is 5.31. The first kappa shape index (κ1) is 8.56. The van der Waals surface area contributed by atoms with Gasteiger partial charge in [0.1, 0.15) is 0 Å². The van der Waals surface area contributed by atoms with Crippen molar-refractivity contribution in [1.29, 1.82) is 0 Å². The van der Waals surface area contributed by atoms with E-state index in [0.29, 0.717) is 5.25 Å². The highest BCUT2D eigenvalue weighted by Crippen LogP contribution is 2.39. The Labute approximate surface area is 91.3 Å². The summed E-state index contributed by atoms with van der Waals surface area (Å²) in [6.07, 6.45) is 4.02. The molecule has 2 aliphatic heterocycles. The fourth-order valence-electron chi connectivity index (χ4n) is 1.70. The van der Waals surface area contributed by atoms with Crippen molar-refractivity contribution in [3.63, 3.8) is 0 Å². The van der Waals surface area contributed by atoms with Gasteiger partial charge in [0.25, 0.3) is 0 Å². The predicted molar refractivity (Wildman–Crippen MR) is 62.8 cm³/mol. The predicted octanol–water partition coefficient (Wildman–Crippen LogP) is 2.72. The molecule has 0 radical (unpaired) electrons. The van der Waals surface area contributed by atoms with Crippen LogP contribution in [0.3, 0.4) is 0 Å². The summed E-state index contributed by atoms with van der Waals surface area (Å²) in [6, 6.07) is 2.22. The monoisotopic (exact) mass is 222 g/mol. The molecule has 4 heteroatoms. The second kappa shape index (κ2) is 3.44. The summed E-state index contributed by atoms with van der Waals surface area (Å²) >= 11 is 3.66. The lowest BCUT2D eigenvalue weighted by atomic mass is 10.2. The van der Waals surface area contributed by atoms with Gasteiger partial charge in [-0.1, -0.05) is 11.8 Å². The van der Waals surface area contributed by atoms with Crippen molar-refractivity contribution in [2.45, 2.75) is 5.25 Å². The van der Waals surface area contributed by atoms with Crippen LogP contribution in [-0.2, 0) is 0 Å². The highest BCUT2D eigenvalue weighted by atomic mass is 32.2. The number of amidine groups is 1. The van der Waals surface area contributed by atoms with Gasteiger partial charge in [0.05, 0.1) is 5.25 Å². The first-order chi connectivity index (χ1) is 6.93. The third-order valence-corrected chi connectivity index (χ3v) is 4.42. The Morgan fingerprint density at radius 1 is 1.50 bits per heavy atom.